The molecular formula is C17H17F2NO2. The number of ether oxygens (including phenoxy) is 1. The van der Waals surface area contributed by atoms with Crippen molar-refractivity contribution in [3.05, 3.63) is 66.7 Å². The fourth-order valence-corrected chi connectivity index (χ4v) is 1.75. The molecule has 1 N–H and O–H groups in total. The number of nitrogens with one attached hydrogen (secondary N) is 1. The lowest BCUT2D eigenvalue weighted by molar-refractivity contribution is -0.111. The van der Waals surface area contributed by atoms with Gasteiger partial charge in [0.05, 0.1) is 0 Å². The smallest absolute Gasteiger partial charge is 0.270 e. The molecule has 0 aliphatic carbocycles. The molecule has 0 aliphatic rings. The molecule has 2 aromatic carbocycles. The molecule has 5 heteroatoms. The van der Waals surface area contributed by atoms with Gasteiger partial charge in [-0.1, -0.05) is 6.58 Å². The lowest BCUT2D eigenvalue weighted by atomic mass is 10.1. The van der Waals surface area contributed by atoms with E-state index in [0.29, 0.717) is 17.2 Å². The van der Waals surface area contributed by atoms with Gasteiger partial charge in [-0.05, 0) is 54.6 Å². The SMILES string of the molecule is C=CC(=O)Nc1ccc(Oc2ccc(C(C)(F)F)cc2)cc1.[HH]. The monoisotopic (exact) mass is 305 g/mol. The zero-order chi connectivity index (χ0) is 16.2. The van der Waals surface area contributed by atoms with Crippen molar-refractivity contribution in [2.24, 2.45) is 0 Å². The van der Waals surface area contributed by atoms with Crippen LogP contribution in [-0.4, -0.2) is 5.91 Å². The van der Waals surface area contributed by atoms with Gasteiger partial charge in [0.2, 0.25) is 5.91 Å². The Kier molecular flexibility index (Phi) is 4.56. The van der Waals surface area contributed by atoms with Gasteiger partial charge in [0.25, 0.3) is 5.92 Å². The van der Waals surface area contributed by atoms with E-state index in [1.54, 1.807) is 24.3 Å². The number of alkyl halides is 2. The first kappa shape index (κ1) is 15.7. The van der Waals surface area contributed by atoms with Crippen molar-refractivity contribution < 1.29 is 19.7 Å². The molecule has 116 valence electrons. The van der Waals surface area contributed by atoms with Crippen LogP contribution in [0.5, 0.6) is 11.5 Å². The van der Waals surface area contributed by atoms with Gasteiger partial charge in [-0.3, -0.25) is 4.79 Å². The molecule has 0 saturated heterocycles. The summed E-state index contributed by atoms with van der Waals surface area (Å²) in [5.74, 6) is -2.18. The molecule has 0 aliphatic heterocycles. The number of halogens is 2. The Morgan fingerprint density at radius 1 is 1.14 bits per heavy atom. The van der Waals surface area contributed by atoms with Crippen molar-refractivity contribution in [2.75, 3.05) is 5.32 Å². The second-order valence-corrected chi connectivity index (χ2v) is 4.73. The summed E-state index contributed by atoms with van der Waals surface area (Å²) in [7, 11) is 0. The van der Waals surface area contributed by atoms with Crippen LogP contribution in [-0.2, 0) is 10.7 Å². The predicted molar refractivity (Wildman–Crippen MR) is 83.5 cm³/mol. The molecule has 0 saturated carbocycles. The van der Waals surface area contributed by atoms with E-state index in [-0.39, 0.29) is 12.9 Å². The van der Waals surface area contributed by atoms with E-state index in [2.05, 4.69) is 11.9 Å². The maximum Gasteiger partial charge on any atom is 0.270 e. The number of amides is 1. The lowest BCUT2D eigenvalue weighted by Crippen LogP contribution is -2.06. The molecular weight excluding hydrogens is 288 g/mol. The quantitative estimate of drug-likeness (QED) is 0.793. The minimum Gasteiger partial charge on any atom is -0.457 e. The summed E-state index contributed by atoms with van der Waals surface area (Å²) < 4.78 is 31.8. The number of carbonyl (C=O) groups is 1. The van der Waals surface area contributed by atoms with Gasteiger partial charge < -0.3 is 10.1 Å². The van der Waals surface area contributed by atoms with Gasteiger partial charge in [0.1, 0.15) is 11.5 Å². The van der Waals surface area contributed by atoms with Crippen LogP contribution < -0.4 is 10.1 Å². The summed E-state index contributed by atoms with van der Waals surface area (Å²) in [6.07, 6.45) is 1.18. The van der Waals surface area contributed by atoms with Crippen LogP contribution in [0.25, 0.3) is 0 Å². The van der Waals surface area contributed by atoms with E-state index in [4.69, 9.17) is 4.74 Å². The van der Waals surface area contributed by atoms with Crippen LogP contribution in [0, 0.1) is 0 Å². The molecule has 2 aromatic rings. The Morgan fingerprint density at radius 3 is 2.09 bits per heavy atom. The predicted octanol–water partition coefficient (Wildman–Crippen LogP) is 4.96. The highest BCUT2D eigenvalue weighted by Crippen LogP contribution is 2.29. The van der Waals surface area contributed by atoms with Crippen LogP contribution in [0.2, 0.25) is 0 Å². The van der Waals surface area contributed by atoms with Gasteiger partial charge in [-0.15, -0.1) is 0 Å². The average molecular weight is 305 g/mol. The summed E-state index contributed by atoms with van der Waals surface area (Å²) >= 11 is 0. The minimum atomic E-state index is -2.87. The third-order valence-electron chi connectivity index (χ3n) is 2.90. The van der Waals surface area contributed by atoms with Crippen LogP contribution in [0.4, 0.5) is 14.5 Å². The highest BCUT2D eigenvalue weighted by Gasteiger charge is 2.23. The van der Waals surface area contributed by atoms with E-state index >= 15 is 0 Å². The number of hydrogen-bond acceptors (Lipinski definition) is 2. The summed E-state index contributed by atoms with van der Waals surface area (Å²) in [6, 6.07) is 12.3. The molecule has 3 nitrogen and oxygen atoms in total. The molecule has 0 fully saturated rings. The van der Waals surface area contributed by atoms with Crippen molar-refractivity contribution in [1.29, 1.82) is 0 Å². The molecule has 0 spiro atoms. The second kappa shape index (κ2) is 6.39. The fraction of sp³-hybridized carbons (Fsp3) is 0.118. The first-order chi connectivity index (χ1) is 10.4. The van der Waals surface area contributed by atoms with Crippen LogP contribution in [0.3, 0.4) is 0 Å². The third kappa shape index (κ3) is 4.15. The number of hydrogen-bond donors (Lipinski definition) is 1. The fourth-order valence-electron chi connectivity index (χ4n) is 1.75. The van der Waals surface area contributed by atoms with Crippen molar-refractivity contribution >= 4 is 11.6 Å². The molecule has 22 heavy (non-hydrogen) atoms. The molecule has 0 aromatic heterocycles. The molecule has 0 atom stereocenters. The Morgan fingerprint density at radius 2 is 1.64 bits per heavy atom. The number of benzene rings is 2. The number of anilines is 1. The first-order valence-electron chi connectivity index (χ1n) is 6.58. The number of rotatable bonds is 5. The summed E-state index contributed by atoms with van der Waals surface area (Å²) in [4.78, 5) is 11.1. The zero-order valence-electron chi connectivity index (χ0n) is 12.0. The normalized spacial score (nSPS) is 10.9. The molecule has 2 rings (SSSR count). The van der Waals surface area contributed by atoms with Crippen LogP contribution in [0.1, 0.15) is 13.9 Å². The summed E-state index contributed by atoms with van der Waals surface area (Å²) in [5.41, 5.74) is 0.542. The topological polar surface area (TPSA) is 38.3 Å². The van der Waals surface area contributed by atoms with Gasteiger partial charge in [0, 0.05) is 19.6 Å². The average Bonchev–Trinajstić information content (AvgIpc) is 2.49. The van der Waals surface area contributed by atoms with E-state index in [1.807, 2.05) is 0 Å². The van der Waals surface area contributed by atoms with Crippen molar-refractivity contribution in [3.8, 4) is 11.5 Å². The van der Waals surface area contributed by atoms with Crippen LogP contribution in [0.15, 0.2) is 61.2 Å². The first-order valence-corrected chi connectivity index (χ1v) is 6.58. The van der Waals surface area contributed by atoms with E-state index in [1.165, 1.54) is 30.3 Å². The Hall–Kier alpha value is -2.69. The molecule has 0 heterocycles. The van der Waals surface area contributed by atoms with E-state index < -0.39 is 5.92 Å². The Bertz CT molecular complexity index is 664. The molecule has 1 amide bonds. The Labute approximate surface area is 128 Å². The van der Waals surface area contributed by atoms with E-state index in [9.17, 15) is 13.6 Å². The summed E-state index contributed by atoms with van der Waals surface area (Å²) in [5, 5.41) is 2.61. The van der Waals surface area contributed by atoms with Crippen molar-refractivity contribution in [1.82, 2.24) is 0 Å². The maximum atomic E-state index is 13.1. The summed E-state index contributed by atoms with van der Waals surface area (Å²) in [6.45, 7) is 4.21. The lowest BCUT2D eigenvalue weighted by Gasteiger charge is -2.11. The van der Waals surface area contributed by atoms with Gasteiger partial charge >= 0.3 is 0 Å². The standard InChI is InChI=1S/C17H15F2NO2.H2/c1-3-16(21)20-13-6-10-15(11-7-13)22-14-8-4-12(5-9-14)17(2,18)19;/h3-11H,1H2,2H3,(H,20,21);1H. The van der Waals surface area contributed by atoms with Crippen molar-refractivity contribution in [3.63, 3.8) is 0 Å². The van der Waals surface area contributed by atoms with Gasteiger partial charge in [-0.25, -0.2) is 8.78 Å². The number of carbonyl (C=O) groups excluding carboxylic acids is 1. The zero-order valence-corrected chi connectivity index (χ0v) is 12.0. The van der Waals surface area contributed by atoms with E-state index in [0.717, 1.165) is 6.92 Å². The molecule has 0 bridgehead atoms. The highest BCUT2D eigenvalue weighted by atomic mass is 19.3. The van der Waals surface area contributed by atoms with Crippen molar-refractivity contribution in [2.45, 2.75) is 12.8 Å². The Balaban J connectivity index is 0.00000264. The highest BCUT2D eigenvalue weighted by molar-refractivity contribution is 5.98. The minimum absolute atomic E-state index is 0. The second-order valence-electron chi connectivity index (χ2n) is 4.73. The van der Waals surface area contributed by atoms with Crippen LogP contribution >= 0.6 is 0 Å². The van der Waals surface area contributed by atoms with Gasteiger partial charge in [-0.2, -0.15) is 0 Å². The maximum absolute atomic E-state index is 13.1. The molecule has 0 radical (unpaired) electrons. The largest absolute Gasteiger partial charge is 0.457 e. The van der Waals surface area contributed by atoms with Gasteiger partial charge in [0.15, 0.2) is 0 Å². The molecule has 0 unspecified atom stereocenters. The third-order valence-corrected chi connectivity index (χ3v) is 2.90.